The van der Waals surface area contributed by atoms with Crippen LogP contribution in [0.15, 0.2) is 46.3 Å². The van der Waals surface area contributed by atoms with Crippen LogP contribution in [0.4, 0.5) is 0 Å². The number of hydrogen-bond donors (Lipinski definition) is 1. The third kappa shape index (κ3) is 3.92. The molecular weight excluding hydrogens is 310 g/mol. The Hall–Kier alpha value is -0.680. The van der Waals surface area contributed by atoms with Gasteiger partial charge in [0.05, 0.1) is 6.10 Å². The second-order valence-electron chi connectivity index (χ2n) is 4.35. The van der Waals surface area contributed by atoms with Gasteiger partial charge in [0.25, 0.3) is 0 Å². The second kappa shape index (κ2) is 6.48. The molecule has 1 atom stereocenters. The highest BCUT2D eigenvalue weighted by atomic mass is 79.9. The Kier molecular flexibility index (Phi) is 4.95. The van der Waals surface area contributed by atoms with E-state index >= 15 is 0 Å². The van der Waals surface area contributed by atoms with Crippen molar-refractivity contribution < 1.29 is 5.11 Å². The van der Waals surface area contributed by atoms with E-state index in [0.717, 1.165) is 16.6 Å². The van der Waals surface area contributed by atoms with Crippen molar-refractivity contribution in [3.05, 3.63) is 56.7 Å². The molecule has 0 aliphatic rings. The van der Waals surface area contributed by atoms with Crippen LogP contribution in [0.3, 0.4) is 0 Å². The van der Waals surface area contributed by atoms with Crippen molar-refractivity contribution in [2.24, 2.45) is 0 Å². The number of hydrogen-bond acceptors (Lipinski definition) is 3. The van der Waals surface area contributed by atoms with Gasteiger partial charge >= 0.3 is 0 Å². The first kappa shape index (κ1) is 13.7. The summed E-state index contributed by atoms with van der Waals surface area (Å²) in [7, 11) is 2.03. The first-order valence-corrected chi connectivity index (χ1v) is 7.47. The normalized spacial score (nSPS) is 12.9. The van der Waals surface area contributed by atoms with Gasteiger partial charge in [-0.2, -0.15) is 0 Å². The van der Waals surface area contributed by atoms with Gasteiger partial charge in [-0.3, -0.25) is 4.90 Å². The number of likely N-dealkylation sites (N-methyl/N-ethyl adjacent to an activating group) is 1. The number of rotatable bonds is 5. The molecule has 2 aromatic rings. The summed E-state index contributed by atoms with van der Waals surface area (Å²) in [6, 6.07) is 11.9. The topological polar surface area (TPSA) is 23.5 Å². The average molecular weight is 326 g/mol. The Morgan fingerprint density at radius 3 is 2.67 bits per heavy atom. The molecule has 1 N–H and O–H groups in total. The Bertz CT molecular complexity index is 486. The first-order chi connectivity index (χ1) is 8.65. The van der Waals surface area contributed by atoms with Crippen LogP contribution in [0.2, 0.25) is 0 Å². The third-order valence-corrected chi connectivity index (χ3v) is 4.40. The summed E-state index contributed by atoms with van der Waals surface area (Å²) >= 11 is 5.18. The zero-order chi connectivity index (χ0) is 13.0. The lowest BCUT2D eigenvalue weighted by Crippen LogP contribution is -2.23. The summed E-state index contributed by atoms with van der Waals surface area (Å²) in [6.07, 6.45) is -0.431. The molecule has 1 heterocycles. The fraction of sp³-hybridized carbons (Fsp3) is 0.286. The van der Waals surface area contributed by atoms with Gasteiger partial charge < -0.3 is 5.11 Å². The van der Waals surface area contributed by atoms with Gasteiger partial charge in [-0.15, -0.1) is 11.3 Å². The van der Waals surface area contributed by atoms with Gasteiger partial charge in [0, 0.05) is 27.8 Å². The summed E-state index contributed by atoms with van der Waals surface area (Å²) < 4.78 is 1.12. The summed E-state index contributed by atoms with van der Waals surface area (Å²) in [5.74, 6) is 0. The van der Waals surface area contributed by atoms with Crippen LogP contribution < -0.4 is 0 Å². The highest BCUT2D eigenvalue weighted by Crippen LogP contribution is 2.21. The summed E-state index contributed by atoms with van der Waals surface area (Å²) in [4.78, 5) is 3.43. The summed E-state index contributed by atoms with van der Waals surface area (Å²) in [6.45, 7) is 1.50. The predicted molar refractivity (Wildman–Crippen MR) is 79.8 cm³/mol. The molecule has 1 aromatic carbocycles. The van der Waals surface area contributed by atoms with E-state index < -0.39 is 6.10 Å². The van der Waals surface area contributed by atoms with Crippen LogP contribution in [0.5, 0.6) is 0 Å². The maximum atomic E-state index is 10.1. The molecule has 0 spiro atoms. The zero-order valence-corrected chi connectivity index (χ0v) is 12.6. The fourth-order valence-corrected chi connectivity index (χ4v) is 3.37. The molecule has 0 fully saturated rings. The number of thiophene rings is 1. The van der Waals surface area contributed by atoms with E-state index in [4.69, 9.17) is 0 Å². The van der Waals surface area contributed by atoms with Crippen LogP contribution in [0.25, 0.3) is 0 Å². The molecule has 0 unspecified atom stereocenters. The molecule has 0 aliphatic carbocycles. The van der Waals surface area contributed by atoms with Crippen molar-refractivity contribution in [3.8, 4) is 0 Å². The Morgan fingerprint density at radius 2 is 2.06 bits per heavy atom. The number of aliphatic hydroxyl groups is 1. The lowest BCUT2D eigenvalue weighted by molar-refractivity contribution is 0.124. The fourth-order valence-electron chi connectivity index (χ4n) is 1.84. The number of nitrogens with zero attached hydrogens (tertiary/aromatic N) is 1. The van der Waals surface area contributed by atoms with Gasteiger partial charge in [-0.1, -0.05) is 30.3 Å². The van der Waals surface area contributed by atoms with E-state index in [9.17, 15) is 5.11 Å². The first-order valence-electron chi connectivity index (χ1n) is 5.79. The Balaban J connectivity index is 1.89. The van der Waals surface area contributed by atoms with Gasteiger partial charge in [-0.05, 0) is 34.6 Å². The second-order valence-corrected chi connectivity index (χ2v) is 6.27. The van der Waals surface area contributed by atoms with Crippen LogP contribution in [0.1, 0.15) is 16.5 Å². The van der Waals surface area contributed by atoms with Crippen molar-refractivity contribution in [1.29, 1.82) is 0 Å². The van der Waals surface area contributed by atoms with Crippen molar-refractivity contribution in [3.63, 3.8) is 0 Å². The molecule has 0 aliphatic heterocycles. The number of benzene rings is 1. The standard InChI is InChI=1S/C14H16BrNOS/c1-16(8-13-7-12(15)10-18-13)9-14(17)11-5-3-2-4-6-11/h2-7,10,14,17H,8-9H2,1H3/t14-/m1/s1. The summed E-state index contributed by atoms with van der Waals surface area (Å²) in [5, 5.41) is 12.2. The monoisotopic (exact) mass is 325 g/mol. The van der Waals surface area contributed by atoms with Crippen molar-refractivity contribution >= 4 is 27.3 Å². The largest absolute Gasteiger partial charge is 0.387 e. The van der Waals surface area contributed by atoms with Crippen LogP contribution in [-0.2, 0) is 6.54 Å². The van der Waals surface area contributed by atoms with E-state index in [-0.39, 0.29) is 0 Å². The van der Waals surface area contributed by atoms with E-state index in [0.29, 0.717) is 6.54 Å². The molecule has 2 rings (SSSR count). The average Bonchev–Trinajstić information content (AvgIpc) is 2.75. The smallest absolute Gasteiger partial charge is 0.0916 e. The molecule has 0 saturated heterocycles. The maximum absolute atomic E-state index is 10.1. The van der Waals surface area contributed by atoms with Crippen LogP contribution in [0, 0.1) is 0 Å². The van der Waals surface area contributed by atoms with Gasteiger partial charge in [0.2, 0.25) is 0 Å². The van der Waals surface area contributed by atoms with Crippen molar-refractivity contribution in [2.45, 2.75) is 12.6 Å². The maximum Gasteiger partial charge on any atom is 0.0916 e. The quantitative estimate of drug-likeness (QED) is 0.906. The van der Waals surface area contributed by atoms with Crippen LogP contribution >= 0.6 is 27.3 Å². The molecule has 1 aromatic heterocycles. The Morgan fingerprint density at radius 1 is 1.33 bits per heavy atom. The molecule has 2 nitrogen and oxygen atoms in total. The van der Waals surface area contributed by atoms with Gasteiger partial charge in [0.1, 0.15) is 0 Å². The molecular formula is C14H16BrNOS. The molecule has 96 valence electrons. The van der Waals surface area contributed by atoms with Crippen molar-refractivity contribution in [1.82, 2.24) is 4.90 Å². The van der Waals surface area contributed by atoms with E-state index in [1.807, 2.05) is 37.4 Å². The van der Waals surface area contributed by atoms with E-state index in [1.54, 1.807) is 11.3 Å². The van der Waals surface area contributed by atoms with Gasteiger partial charge in [-0.25, -0.2) is 0 Å². The minimum Gasteiger partial charge on any atom is -0.387 e. The Labute approximate surface area is 120 Å². The van der Waals surface area contributed by atoms with Crippen LogP contribution in [-0.4, -0.2) is 23.6 Å². The molecule has 0 radical (unpaired) electrons. The van der Waals surface area contributed by atoms with Crippen molar-refractivity contribution in [2.75, 3.05) is 13.6 Å². The molecule has 0 saturated carbocycles. The van der Waals surface area contributed by atoms with E-state index in [1.165, 1.54) is 4.88 Å². The summed E-state index contributed by atoms with van der Waals surface area (Å²) in [5.41, 5.74) is 0.969. The minimum atomic E-state index is -0.431. The highest BCUT2D eigenvalue weighted by Gasteiger charge is 2.11. The molecule has 4 heteroatoms. The lowest BCUT2D eigenvalue weighted by Gasteiger charge is -2.20. The zero-order valence-electron chi connectivity index (χ0n) is 10.2. The predicted octanol–water partition coefficient (Wildman–Crippen LogP) is 3.68. The number of halogens is 1. The minimum absolute atomic E-state index is 0.431. The van der Waals surface area contributed by atoms with E-state index in [2.05, 4.69) is 32.3 Å². The number of aliphatic hydroxyl groups excluding tert-OH is 1. The molecule has 0 bridgehead atoms. The highest BCUT2D eigenvalue weighted by molar-refractivity contribution is 9.10. The third-order valence-electron chi connectivity index (χ3n) is 2.72. The SMILES string of the molecule is CN(Cc1cc(Br)cs1)C[C@@H](O)c1ccccc1. The molecule has 0 amide bonds. The lowest BCUT2D eigenvalue weighted by atomic mass is 10.1. The van der Waals surface area contributed by atoms with Gasteiger partial charge in [0.15, 0.2) is 0 Å². The molecule has 18 heavy (non-hydrogen) atoms.